The van der Waals surface area contributed by atoms with E-state index in [-0.39, 0.29) is 11.9 Å². The van der Waals surface area contributed by atoms with Crippen LogP contribution < -0.4 is 10.2 Å². The lowest BCUT2D eigenvalue weighted by Gasteiger charge is -2.17. The first kappa shape index (κ1) is 14.2. The Balaban J connectivity index is 1.40. The van der Waals surface area contributed by atoms with Crippen molar-refractivity contribution < 1.29 is 9.32 Å². The van der Waals surface area contributed by atoms with Gasteiger partial charge in [-0.15, -0.1) is 0 Å². The minimum Gasteiger partial charge on any atom is -0.360 e. The molecule has 2 aliphatic rings. The summed E-state index contributed by atoms with van der Waals surface area (Å²) in [6.45, 7) is 3.79. The van der Waals surface area contributed by atoms with Crippen LogP contribution in [0.1, 0.15) is 41.9 Å². The highest BCUT2D eigenvalue weighted by Crippen LogP contribution is 2.40. The first-order valence-electron chi connectivity index (χ1n) is 8.14. The smallest absolute Gasteiger partial charge is 0.273 e. The lowest BCUT2D eigenvalue weighted by molar-refractivity contribution is 0.0924. The number of anilines is 1. The number of rotatable bonds is 4. The van der Waals surface area contributed by atoms with Crippen LogP contribution in [0.2, 0.25) is 0 Å². The molecule has 6 nitrogen and oxygen atoms in total. The molecule has 3 heterocycles. The summed E-state index contributed by atoms with van der Waals surface area (Å²) >= 11 is 0. The second-order valence-corrected chi connectivity index (χ2v) is 6.54. The van der Waals surface area contributed by atoms with Crippen LogP contribution in [0.15, 0.2) is 35.0 Å². The standard InChI is InChI=1S/C17H20N4O2/c1-11-9-21(16-4-2-3-7-18-16)10-14(11)19-17(22)13-8-15(23-20-13)12-5-6-12/h2-4,7-8,11-12,14H,5-6,9-10H2,1H3,(H,19,22)/t11-,14-/m1/s1. The molecule has 120 valence electrons. The van der Waals surface area contributed by atoms with Gasteiger partial charge in [-0.05, 0) is 30.9 Å². The van der Waals surface area contributed by atoms with Gasteiger partial charge in [0.15, 0.2) is 5.69 Å². The summed E-state index contributed by atoms with van der Waals surface area (Å²) in [5.41, 5.74) is 0.385. The normalized spacial score (nSPS) is 24.0. The molecular weight excluding hydrogens is 292 g/mol. The number of nitrogens with one attached hydrogen (secondary N) is 1. The predicted octanol–water partition coefficient (Wildman–Crippen LogP) is 2.20. The van der Waals surface area contributed by atoms with E-state index in [0.29, 0.717) is 17.5 Å². The Morgan fingerprint density at radius 2 is 2.22 bits per heavy atom. The van der Waals surface area contributed by atoms with Gasteiger partial charge >= 0.3 is 0 Å². The quantitative estimate of drug-likeness (QED) is 0.937. The number of carbonyl (C=O) groups excluding carboxylic acids is 1. The van der Waals surface area contributed by atoms with Gasteiger partial charge in [0.05, 0.1) is 6.04 Å². The van der Waals surface area contributed by atoms with Gasteiger partial charge in [-0.2, -0.15) is 0 Å². The van der Waals surface area contributed by atoms with Gasteiger partial charge < -0.3 is 14.7 Å². The van der Waals surface area contributed by atoms with Crippen LogP contribution in [0.5, 0.6) is 0 Å². The Labute approximate surface area is 134 Å². The van der Waals surface area contributed by atoms with E-state index >= 15 is 0 Å². The van der Waals surface area contributed by atoms with Gasteiger partial charge in [0.2, 0.25) is 0 Å². The zero-order chi connectivity index (χ0) is 15.8. The summed E-state index contributed by atoms with van der Waals surface area (Å²) in [6.07, 6.45) is 4.06. The molecule has 6 heteroatoms. The van der Waals surface area contributed by atoms with Crippen molar-refractivity contribution in [3.05, 3.63) is 41.9 Å². The molecule has 2 fully saturated rings. The molecule has 2 aromatic heterocycles. The Hall–Kier alpha value is -2.37. The first-order valence-corrected chi connectivity index (χ1v) is 8.14. The Morgan fingerprint density at radius 1 is 1.35 bits per heavy atom. The summed E-state index contributed by atoms with van der Waals surface area (Å²) in [5.74, 6) is 2.46. The maximum atomic E-state index is 12.4. The van der Waals surface area contributed by atoms with Gasteiger partial charge in [-0.3, -0.25) is 4.79 Å². The molecule has 0 spiro atoms. The van der Waals surface area contributed by atoms with Crippen LogP contribution in [-0.2, 0) is 0 Å². The molecule has 1 aliphatic carbocycles. The van der Waals surface area contributed by atoms with Crippen molar-refractivity contribution in [1.29, 1.82) is 0 Å². The number of hydrogen-bond acceptors (Lipinski definition) is 5. The van der Waals surface area contributed by atoms with Gasteiger partial charge in [-0.25, -0.2) is 4.98 Å². The molecule has 1 aliphatic heterocycles. The number of amides is 1. The molecule has 2 aromatic rings. The van der Waals surface area contributed by atoms with Crippen LogP contribution in [0.25, 0.3) is 0 Å². The van der Waals surface area contributed by atoms with Crippen molar-refractivity contribution in [2.24, 2.45) is 5.92 Å². The van der Waals surface area contributed by atoms with Crippen LogP contribution in [0.4, 0.5) is 5.82 Å². The third-order valence-corrected chi connectivity index (χ3v) is 4.64. The molecule has 4 rings (SSSR count). The van der Waals surface area contributed by atoms with Gasteiger partial charge in [0, 0.05) is 31.3 Å². The van der Waals surface area contributed by atoms with Crippen molar-refractivity contribution in [3.63, 3.8) is 0 Å². The Morgan fingerprint density at radius 3 is 2.96 bits per heavy atom. The molecule has 0 bridgehead atoms. The van der Waals surface area contributed by atoms with E-state index in [9.17, 15) is 4.79 Å². The van der Waals surface area contributed by atoms with Gasteiger partial charge in [0.1, 0.15) is 11.6 Å². The molecule has 0 aromatic carbocycles. The molecule has 0 radical (unpaired) electrons. The third kappa shape index (κ3) is 2.93. The molecule has 1 N–H and O–H groups in total. The van der Waals surface area contributed by atoms with E-state index in [0.717, 1.165) is 37.5 Å². The molecule has 2 atom stereocenters. The summed E-state index contributed by atoms with van der Waals surface area (Å²) in [7, 11) is 0. The van der Waals surface area contributed by atoms with Crippen LogP contribution in [-0.4, -0.2) is 35.2 Å². The maximum absolute atomic E-state index is 12.4. The lowest BCUT2D eigenvalue weighted by atomic mass is 10.1. The molecule has 1 saturated carbocycles. The van der Waals surface area contributed by atoms with E-state index in [1.807, 2.05) is 18.2 Å². The van der Waals surface area contributed by atoms with Gasteiger partial charge in [0.25, 0.3) is 5.91 Å². The highest BCUT2D eigenvalue weighted by molar-refractivity contribution is 5.92. The number of aromatic nitrogens is 2. The summed E-state index contributed by atoms with van der Waals surface area (Å²) < 4.78 is 5.26. The fourth-order valence-electron chi connectivity index (χ4n) is 3.08. The van der Waals surface area contributed by atoms with Crippen molar-refractivity contribution >= 4 is 11.7 Å². The Kier molecular flexibility index (Phi) is 3.52. The number of hydrogen-bond donors (Lipinski definition) is 1. The minimum atomic E-state index is -0.152. The van der Waals surface area contributed by atoms with E-state index < -0.39 is 0 Å². The average molecular weight is 312 g/mol. The van der Waals surface area contributed by atoms with Crippen molar-refractivity contribution in [2.45, 2.75) is 31.7 Å². The molecule has 23 heavy (non-hydrogen) atoms. The second-order valence-electron chi connectivity index (χ2n) is 6.54. The van der Waals surface area contributed by atoms with E-state index in [2.05, 4.69) is 27.3 Å². The highest BCUT2D eigenvalue weighted by Gasteiger charge is 2.33. The topological polar surface area (TPSA) is 71.3 Å². The second kappa shape index (κ2) is 5.68. The molecule has 0 unspecified atom stereocenters. The van der Waals surface area contributed by atoms with Crippen molar-refractivity contribution in [1.82, 2.24) is 15.5 Å². The monoisotopic (exact) mass is 312 g/mol. The number of nitrogens with zero attached hydrogens (tertiary/aromatic N) is 3. The van der Waals surface area contributed by atoms with E-state index in [4.69, 9.17) is 4.52 Å². The van der Waals surface area contributed by atoms with Gasteiger partial charge in [-0.1, -0.05) is 18.1 Å². The van der Waals surface area contributed by atoms with E-state index in [1.165, 1.54) is 0 Å². The number of carbonyl (C=O) groups is 1. The zero-order valence-corrected chi connectivity index (χ0v) is 13.1. The largest absolute Gasteiger partial charge is 0.360 e. The highest BCUT2D eigenvalue weighted by atomic mass is 16.5. The molecular formula is C17H20N4O2. The zero-order valence-electron chi connectivity index (χ0n) is 13.1. The fourth-order valence-corrected chi connectivity index (χ4v) is 3.08. The average Bonchev–Trinajstić information content (AvgIpc) is 3.18. The maximum Gasteiger partial charge on any atom is 0.273 e. The summed E-state index contributed by atoms with van der Waals surface area (Å²) in [6, 6.07) is 7.75. The van der Waals surface area contributed by atoms with Crippen molar-refractivity contribution in [2.75, 3.05) is 18.0 Å². The summed E-state index contributed by atoms with van der Waals surface area (Å²) in [4.78, 5) is 19.0. The fraction of sp³-hybridized carbons (Fsp3) is 0.471. The minimum absolute atomic E-state index is 0.0885. The molecule has 1 saturated heterocycles. The third-order valence-electron chi connectivity index (χ3n) is 4.64. The van der Waals surface area contributed by atoms with Crippen molar-refractivity contribution in [3.8, 4) is 0 Å². The summed E-state index contributed by atoms with van der Waals surface area (Å²) in [5, 5.41) is 7.00. The van der Waals surface area contributed by atoms with E-state index in [1.54, 1.807) is 12.3 Å². The predicted molar refractivity (Wildman–Crippen MR) is 85.3 cm³/mol. The van der Waals surface area contributed by atoms with Crippen LogP contribution in [0, 0.1) is 5.92 Å². The van der Waals surface area contributed by atoms with Crippen LogP contribution >= 0.6 is 0 Å². The Bertz CT molecular complexity index is 696. The number of pyridine rings is 1. The van der Waals surface area contributed by atoms with Crippen LogP contribution in [0.3, 0.4) is 0 Å². The molecule has 1 amide bonds. The SMILES string of the molecule is C[C@@H]1CN(c2ccccn2)C[C@H]1NC(=O)c1cc(C2CC2)on1. The lowest BCUT2D eigenvalue weighted by Crippen LogP contribution is -2.40. The first-order chi connectivity index (χ1) is 11.2.